The van der Waals surface area contributed by atoms with Crippen LogP contribution in [0, 0.1) is 0 Å². The normalized spacial score (nSPS) is 10.5. The third-order valence-electron chi connectivity index (χ3n) is 2.66. The van der Waals surface area contributed by atoms with Crippen molar-refractivity contribution in [3.8, 4) is 11.5 Å². The molecule has 2 aromatic rings. The van der Waals surface area contributed by atoms with Gasteiger partial charge in [0.2, 0.25) is 0 Å². The van der Waals surface area contributed by atoms with Crippen LogP contribution in [-0.2, 0) is 6.54 Å². The average molecular weight is 341 g/mol. The number of benzene rings is 2. The first-order valence-electron chi connectivity index (χ1n) is 6.13. The van der Waals surface area contributed by atoms with Crippen molar-refractivity contribution in [2.45, 2.75) is 13.5 Å². The van der Waals surface area contributed by atoms with E-state index in [0.717, 1.165) is 28.9 Å². The lowest BCUT2D eigenvalue weighted by atomic mass is 10.2. The number of nitrogens with one attached hydrogen (secondary N) is 1. The first-order chi connectivity index (χ1) is 9.22. The van der Waals surface area contributed by atoms with E-state index in [2.05, 4.69) is 28.2 Å². The Labute approximate surface area is 126 Å². The van der Waals surface area contributed by atoms with Crippen LogP contribution < -0.4 is 10.1 Å². The standard InChI is InChI=1S/C15H15BrClNO/c1-2-18-10-11-6-5-8-13(17)15(11)19-14-9-4-3-7-12(14)16/h3-9,18H,2,10H2,1H3. The van der Waals surface area contributed by atoms with Crippen LogP contribution in [-0.4, -0.2) is 6.54 Å². The van der Waals surface area contributed by atoms with E-state index in [1.165, 1.54) is 0 Å². The van der Waals surface area contributed by atoms with Crippen molar-refractivity contribution in [3.63, 3.8) is 0 Å². The molecule has 2 nitrogen and oxygen atoms in total. The summed E-state index contributed by atoms with van der Waals surface area (Å²) in [5, 5.41) is 3.90. The number of halogens is 2. The fraction of sp³-hybridized carbons (Fsp3) is 0.200. The maximum atomic E-state index is 6.24. The van der Waals surface area contributed by atoms with Crippen LogP contribution in [0.1, 0.15) is 12.5 Å². The minimum absolute atomic E-state index is 0.617. The smallest absolute Gasteiger partial charge is 0.150 e. The fourth-order valence-electron chi connectivity index (χ4n) is 1.70. The lowest BCUT2D eigenvalue weighted by molar-refractivity contribution is 0.470. The lowest BCUT2D eigenvalue weighted by Gasteiger charge is -2.14. The SMILES string of the molecule is CCNCc1cccc(Cl)c1Oc1ccccc1Br. The highest BCUT2D eigenvalue weighted by Crippen LogP contribution is 2.36. The molecule has 0 amide bonds. The molecular weight excluding hydrogens is 326 g/mol. The maximum absolute atomic E-state index is 6.24. The molecule has 0 heterocycles. The third kappa shape index (κ3) is 3.72. The number of hydrogen-bond donors (Lipinski definition) is 1. The van der Waals surface area contributed by atoms with Gasteiger partial charge in [0.1, 0.15) is 5.75 Å². The van der Waals surface area contributed by atoms with Gasteiger partial charge < -0.3 is 10.1 Å². The average Bonchev–Trinajstić information content (AvgIpc) is 2.41. The molecule has 2 aromatic carbocycles. The van der Waals surface area contributed by atoms with Gasteiger partial charge in [-0.3, -0.25) is 0 Å². The second kappa shape index (κ2) is 6.94. The zero-order valence-electron chi connectivity index (χ0n) is 10.6. The Morgan fingerprint density at radius 2 is 1.95 bits per heavy atom. The lowest BCUT2D eigenvalue weighted by Crippen LogP contribution is -2.12. The van der Waals surface area contributed by atoms with Gasteiger partial charge in [-0.05, 0) is 40.7 Å². The molecule has 0 spiro atoms. The first-order valence-corrected chi connectivity index (χ1v) is 7.30. The Balaban J connectivity index is 2.31. The van der Waals surface area contributed by atoms with Crippen molar-refractivity contribution in [2.75, 3.05) is 6.54 Å². The van der Waals surface area contributed by atoms with E-state index in [0.29, 0.717) is 10.8 Å². The van der Waals surface area contributed by atoms with Gasteiger partial charge in [-0.15, -0.1) is 0 Å². The van der Waals surface area contributed by atoms with Gasteiger partial charge in [0, 0.05) is 12.1 Å². The summed E-state index contributed by atoms with van der Waals surface area (Å²) in [5.74, 6) is 1.46. The molecule has 0 aliphatic heterocycles. The van der Waals surface area contributed by atoms with Gasteiger partial charge in [-0.1, -0.05) is 42.8 Å². The molecule has 0 unspecified atom stereocenters. The van der Waals surface area contributed by atoms with Gasteiger partial charge in [-0.2, -0.15) is 0 Å². The Kier molecular flexibility index (Phi) is 5.25. The van der Waals surface area contributed by atoms with Crippen molar-refractivity contribution in [1.29, 1.82) is 0 Å². The number of para-hydroxylation sites is 2. The quantitative estimate of drug-likeness (QED) is 0.826. The van der Waals surface area contributed by atoms with E-state index < -0.39 is 0 Å². The van der Waals surface area contributed by atoms with Crippen LogP contribution in [0.15, 0.2) is 46.9 Å². The Bertz CT molecular complexity index is 560. The van der Waals surface area contributed by atoms with Crippen molar-refractivity contribution in [2.24, 2.45) is 0 Å². The molecule has 0 saturated carbocycles. The van der Waals surface area contributed by atoms with E-state index in [4.69, 9.17) is 16.3 Å². The topological polar surface area (TPSA) is 21.3 Å². The molecule has 4 heteroatoms. The van der Waals surface area contributed by atoms with Crippen LogP contribution in [0.2, 0.25) is 5.02 Å². The van der Waals surface area contributed by atoms with E-state index >= 15 is 0 Å². The first kappa shape index (κ1) is 14.4. The molecular formula is C15H15BrClNO. The van der Waals surface area contributed by atoms with E-state index in [9.17, 15) is 0 Å². The summed E-state index contributed by atoms with van der Waals surface area (Å²) in [4.78, 5) is 0. The maximum Gasteiger partial charge on any atom is 0.150 e. The zero-order valence-corrected chi connectivity index (χ0v) is 13.0. The molecule has 0 fully saturated rings. The summed E-state index contributed by atoms with van der Waals surface area (Å²) >= 11 is 9.71. The van der Waals surface area contributed by atoms with Gasteiger partial charge in [-0.25, -0.2) is 0 Å². The van der Waals surface area contributed by atoms with Crippen molar-refractivity contribution >= 4 is 27.5 Å². The summed E-state index contributed by atoms with van der Waals surface area (Å²) in [6.07, 6.45) is 0. The number of hydrogen-bond acceptors (Lipinski definition) is 2. The fourth-order valence-corrected chi connectivity index (χ4v) is 2.30. The molecule has 0 aliphatic rings. The third-order valence-corrected chi connectivity index (χ3v) is 3.62. The van der Waals surface area contributed by atoms with Gasteiger partial charge >= 0.3 is 0 Å². The predicted octanol–water partition coefficient (Wildman–Crippen LogP) is 5.00. The molecule has 2 rings (SSSR count). The van der Waals surface area contributed by atoms with E-state index in [1.807, 2.05) is 42.5 Å². The van der Waals surface area contributed by atoms with Crippen LogP contribution in [0.5, 0.6) is 11.5 Å². The summed E-state index contributed by atoms with van der Waals surface area (Å²) in [6.45, 7) is 3.71. The van der Waals surface area contributed by atoms with Crippen molar-refractivity contribution in [3.05, 3.63) is 57.5 Å². The van der Waals surface area contributed by atoms with Gasteiger partial charge in [0.05, 0.1) is 9.50 Å². The molecule has 0 atom stereocenters. The second-order valence-electron chi connectivity index (χ2n) is 4.04. The molecule has 100 valence electrons. The predicted molar refractivity (Wildman–Crippen MR) is 83.0 cm³/mol. The Morgan fingerprint density at radius 3 is 2.68 bits per heavy atom. The highest BCUT2D eigenvalue weighted by atomic mass is 79.9. The van der Waals surface area contributed by atoms with Crippen LogP contribution in [0.4, 0.5) is 0 Å². The molecule has 0 aliphatic carbocycles. The van der Waals surface area contributed by atoms with Crippen LogP contribution in [0.3, 0.4) is 0 Å². The minimum Gasteiger partial charge on any atom is -0.454 e. The number of ether oxygens (including phenoxy) is 1. The summed E-state index contributed by atoms with van der Waals surface area (Å²) in [6, 6.07) is 13.5. The van der Waals surface area contributed by atoms with Crippen molar-refractivity contribution in [1.82, 2.24) is 5.32 Å². The second-order valence-corrected chi connectivity index (χ2v) is 5.30. The molecule has 1 N–H and O–H groups in total. The molecule has 0 bridgehead atoms. The highest BCUT2D eigenvalue weighted by molar-refractivity contribution is 9.10. The molecule has 0 saturated heterocycles. The Morgan fingerprint density at radius 1 is 1.16 bits per heavy atom. The minimum atomic E-state index is 0.617. The molecule has 0 radical (unpaired) electrons. The largest absolute Gasteiger partial charge is 0.454 e. The summed E-state index contributed by atoms with van der Waals surface area (Å²) < 4.78 is 6.86. The van der Waals surface area contributed by atoms with Crippen molar-refractivity contribution < 1.29 is 4.74 Å². The van der Waals surface area contributed by atoms with Gasteiger partial charge in [0.15, 0.2) is 5.75 Å². The summed E-state index contributed by atoms with van der Waals surface area (Å²) in [5.41, 5.74) is 1.05. The van der Waals surface area contributed by atoms with Crippen LogP contribution >= 0.6 is 27.5 Å². The number of rotatable bonds is 5. The van der Waals surface area contributed by atoms with E-state index in [-0.39, 0.29) is 0 Å². The van der Waals surface area contributed by atoms with Gasteiger partial charge in [0.25, 0.3) is 0 Å². The summed E-state index contributed by atoms with van der Waals surface area (Å²) in [7, 11) is 0. The highest BCUT2D eigenvalue weighted by Gasteiger charge is 2.10. The zero-order chi connectivity index (χ0) is 13.7. The molecule has 0 aromatic heterocycles. The monoisotopic (exact) mass is 339 g/mol. The molecule has 19 heavy (non-hydrogen) atoms. The van der Waals surface area contributed by atoms with Crippen LogP contribution in [0.25, 0.3) is 0 Å². The Hall–Kier alpha value is -1.03. The van der Waals surface area contributed by atoms with E-state index in [1.54, 1.807) is 0 Å².